The van der Waals surface area contributed by atoms with Gasteiger partial charge in [0.25, 0.3) is 0 Å². The van der Waals surface area contributed by atoms with Crippen LogP contribution in [0.1, 0.15) is 32.6 Å². The zero-order valence-electron chi connectivity index (χ0n) is 11.9. The average Bonchev–Trinajstić information content (AvgIpc) is 2.48. The number of piperidine rings is 1. The summed E-state index contributed by atoms with van der Waals surface area (Å²) in [5.74, 6) is 1.73. The van der Waals surface area contributed by atoms with Gasteiger partial charge in [0.15, 0.2) is 0 Å². The van der Waals surface area contributed by atoms with E-state index in [-0.39, 0.29) is 0 Å². The van der Waals surface area contributed by atoms with Crippen LogP contribution in [0.2, 0.25) is 0 Å². The van der Waals surface area contributed by atoms with Crippen molar-refractivity contribution in [2.75, 3.05) is 37.0 Å². The first kappa shape index (κ1) is 14.1. The minimum absolute atomic E-state index is 0.586. The van der Waals surface area contributed by atoms with Crippen molar-refractivity contribution in [3.63, 3.8) is 0 Å². The van der Waals surface area contributed by atoms with Gasteiger partial charge in [0.2, 0.25) is 5.95 Å². The maximum Gasteiger partial charge on any atom is 0.227 e. The molecule has 0 radical (unpaired) electrons. The van der Waals surface area contributed by atoms with E-state index in [2.05, 4.69) is 27.1 Å². The number of hydrogen-bond donors (Lipinski definition) is 1. The molecular formula is C14H24N4O. The molecule has 0 amide bonds. The Morgan fingerprint density at radius 3 is 3.16 bits per heavy atom. The van der Waals surface area contributed by atoms with Gasteiger partial charge in [-0.15, -0.1) is 0 Å². The number of anilines is 2. The highest BCUT2D eigenvalue weighted by molar-refractivity contribution is 5.42. The third-order valence-corrected chi connectivity index (χ3v) is 3.61. The second kappa shape index (κ2) is 7.28. The van der Waals surface area contributed by atoms with Gasteiger partial charge in [-0.3, -0.25) is 0 Å². The Morgan fingerprint density at radius 1 is 1.47 bits per heavy atom. The molecule has 106 valence electrons. The van der Waals surface area contributed by atoms with Crippen LogP contribution in [0.25, 0.3) is 0 Å². The van der Waals surface area contributed by atoms with Crippen LogP contribution in [-0.4, -0.2) is 42.8 Å². The van der Waals surface area contributed by atoms with Crippen LogP contribution in [0.3, 0.4) is 0 Å². The van der Waals surface area contributed by atoms with Crippen LogP contribution in [0.5, 0.6) is 0 Å². The second-order valence-electron chi connectivity index (χ2n) is 4.91. The van der Waals surface area contributed by atoms with Crippen LogP contribution < -0.4 is 10.2 Å². The minimum atomic E-state index is 0.586. The first-order chi connectivity index (χ1) is 9.35. The Kier molecular flexibility index (Phi) is 5.39. The minimum Gasteiger partial charge on any atom is -0.383 e. The van der Waals surface area contributed by atoms with Crippen molar-refractivity contribution in [2.24, 2.45) is 0 Å². The van der Waals surface area contributed by atoms with Crippen molar-refractivity contribution in [1.29, 1.82) is 0 Å². The van der Waals surface area contributed by atoms with Crippen LogP contribution >= 0.6 is 0 Å². The molecule has 2 rings (SSSR count). The molecule has 0 aliphatic carbocycles. The summed E-state index contributed by atoms with van der Waals surface area (Å²) >= 11 is 0. The summed E-state index contributed by atoms with van der Waals surface area (Å²) in [7, 11) is 1.70. The predicted molar refractivity (Wildman–Crippen MR) is 77.7 cm³/mol. The molecule has 0 saturated carbocycles. The number of nitrogens with zero attached hydrogens (tertiary/aromatic N) is 3. The van der Waals surface area contributed by atoms with Gasteiger partial charge in [-0.2, -0.15) is 4.98 Å². The number of rotatable bonds is 6. The van der Waals surface area contributed by atoms with Crippen molar-refractivity contribution in [1.82, 2.24) is 9.97 Å². The largest absolute Gasteiger partial charge is 0.383 e. The number of methoxy groups -OCH3 is 1. The number of nitrogens with one attached hydrogen (secondary N) is 1. The van der Waals surface area contributed by atoms with Crippen LogP contribution in [-0.2, 0) is 4.74 Å². The molecule has 1 atom stereocenters. The van der Waals surface area contributed by atoms with E-state index in [0.29, 0.717) is 12.6 Å². The van der Waals surface area contributed by atoms with E-state index in [9.17, 15) is 0 Å². The van der Waals surface area contributed by atoms with E-state index in [1.807, 2.05) is 12.3 Å². The van der Waals surface area contributed by atoms with Crippen molar-refractivity contribution in [3.05, 3.63) is 12.3 Å². The van der Waals surface area contributed by atoms with Gasteiger partial charge < -0.3 is 15.0 Å². The summed E-state index contributed by atoms with van der Waals surface area (Å²) in [6.45, 7) is 4.76. The molecule has 0 spiro atoms. The van der Waals surface area contributed by atoms with Crippen LogP contribution in [0.4, 0.5) is 11.8 Å². The van der Waals surface area contributed by atoms with E-state index in [0.717, 1.165) is 31.3 Å². The summed E-state index contributed by atoms with van der Waals surface area (Å²) in [4.78, 5) is 11.4. The smallest absolute Gasteiger partial charge is 0.227 e. The molecule has 1 fully saturated rings. The fraction of sp³-hybridized carbons (Fsp3) is 0.714. The Labute approximate surface area is 115 Å². The molecule has 1 aliphatic rings. The summed E-state index contributed by atoms with van der Waals surface area (Å²) in [5.41, 5.74) is 0. The quantitative estimate of drug-likeness (QED) is 0.799. The van der Waals surface area contributed by atoms with Gasteiger partial charge in [0.05, 0.1) is 6.61 Å². The summed E-state index contributed by atoms with van der Waals surface area (Å²) < 4.78 is 5.03. The lowest BCUT2D eigenvalue weighted by atomic mass is 10.0. The highest BCUT2D eigenvalue weighted by Gasteiger charge is 2.22. The standard InChI is InChI=1S/C14H24N4O/c1-3-12-6-4-5-10-18(12)14-16-8-7-13(17-14)15-9-11-19-2/h7-8,12H,3-6,9-11H2,1-2H3,(H,15,16,17). The summed E-state index contributed by atoms with van der Waals surface area (Å²) in [6.07, 6.45) is 6.80. The Hall–Kier alpha value is -1.36. The fourth-order valence-corrected chi connectivity index (χ4v) is 2.55. The molecule has 5 heteroatoms. The molecule has 1 aromatic rings. The molecule has 1 unspecified atom stereocenters. The van der Waals surface area contributed by atoms with Crippen molar-refractivity contribution in [3.8, 4) is 0 Å². The van der Waals surface area contributed by atoms with Gasteiger partial charge in [0.1, 0.15) is 5.82 Å². The summed E-state index contributed by atoms with van der Waals surface area (Å²) in [6, 6.07) is 2.49. The molecule has 0 bridgehead atoms. The molecular weight excluding hydrogens is 240 g/mol. The van der Waals surface area contributed by atoms with Crippen molar-refractivity contribution in [2.45, 2.75) is 38.6 Å². The zero-order chi connectivity index (χ0) is 13.5. The summed E-state index contributed by atoms with van der Waals surface area (Å²) in [5, 5.41) is 3.26. The van der Waals surface area contributed by atoms with E-state index >= 15 is 0 Å². The van der Waals surface area contributed by atoms with Gasteiger partial charge in [0, 0.05) is 32.4 Å². The predicted octanol–water partition coefficient (Wildman–Crippen LogP) is 2.30. The van der Waals surface area contributed by atoms with Gasteiger partial charge in [-0.1, -0.05) is 6.92 Å². The number of ether oxygens (including phenoxy) is 1. The molecule has 1 N–H and O–H groups in total. The maximum absolute atomic E-state index is 5.03. The Morgan fingerprint density at radius 2 is 2.37 bits per heavy atom. The lowest BCUT2D eigenvalue weighted by Crippen LogP contribution is -2.40. The van der Waals surface area contributed by atoms with E-state index in [4.69, 9.17) is 4.74 Å². The average molecular weight is 264 g/mol. The van der Waals surface area contributed by atoms with Gasteiger partial charge in [-0.05, 0) is 31.7 Å². The second-order valence-corrected chi connectivity index (χ2v) is 4.91. The molecule has 0 aromatic carbocycles. The lowest BCUT2D eigenvalue weighted by Gasteiger charge is -2.35. The van der Waals surface area contributed by atoms with E-state index in [1.54, 1.807) is 7.11 Å². The lowest BCUT2D eigenvalue weighted by molar-refractivity contribution is 0.210. The number of aromatic nitrogens is 2. The van der Waals surface area contributed by atoms with Gasteiger partial charge in [-0.25, -0.2) is 4.98 Å². The van der Waals surface area contributed by atoms with Crippen molar-refractivity contribution < 1.29 is 4.74 Å². The maximum atomic E-state index is 5.03. The zero-order valence-corrected chi connectivity index (χ0v) is 11.9. The highest BCUT2D eigenvalue weighted by Crippen LogP contribution is 2.24. The molecule has 1 saturated heterocycles. The monoisotopic (exact) mass is 264 g/mol. The topological polar surface area (TPSA) is 50.3 Å². The molecule has 1 aromatic heterocycles. The Balaban J connectivity index is 2.04. The molecule has 5 nitrogen and oxygen atoms in total. The first-order valence-electron chi connectivity index (χ1n) is 7.17. The SMILES string of the molecule is CCC1CCCCN1c1nccc(NCCOC)n1. The normalized spacial score (nSPS) is 19.5. The number of hydrogen-bond acceptors (Lipinski definition) is 5. The fourth-order valence-electron chi connectivity index (χ4n) is 2.55. The molecule has 1 aliphatic heterocycles. The van der Waals surface area contributed by atoms with E-state index < -0.39 is 0 Å². The Bertz CT molecular complexity index is 385. The molecule has 2 heterocycles. The van der Waals surface area contributed by atoms with Crippen LogP contribution in [0, 0.1) is 0 Å². The van der Waals surface area contributed by atoms with Gasteiger partial charge >= 0.3 is 0 Å². The van der Waals surface area contributed by atoms with Crippen LogP contribution in [0.15, 0.2) is 12.3 Å². The van der Waals surface area contributed by atoms with E-state index in [1.165, 1.54) is 19.3 Å². The third kappa shape index (κ3) is 3.80. The highest BCUT2D eigenvalue weighted by atomic mass is 16.5. The third-order valence-electron chi connectivity index (χ3n) is 3.61. The van der Waals surface area contributed by atoms with Crippen molar-refractivity contribution >= 4 is 11.8 Å². The first-order valence-corrected chi connectivity index (χ1v) is 7.17. The molecule has 19 heavy (non-hydrogen) atoms.